The summed E-state index contributed by atoms with van der Waals surface area (Å²) < 4.78 is 9.64. The van der Waals surface area contributed by atoms with Crippen molar-refractivity contribution in [2.75, 3.05) is 25.7 Å². The molecule has 12 heteroatoms. The molecule has 8 rings (SSSR count). The fraction of sp³-hybridized carbons (Fsp3) is 0.453. The van der Waals surface area contributed by atoms with Crippen LogP contribution in [0.15, 0.2) is 103 Å². The molecule has 0 spiro atoms. The van der Waals surface area contributed by atoms with Crippen LogP contribution in [0.25, 0.3) is 16.8 Å². The first-order chi connectivity index (χ1) is 31.4. The van der Waals surface area contributed by atoms with Gasteiger partial charge < -0.3 is 34.9 Å². The van der Waals surface area contributed by atoms with Gasteiger partial charge in [-0.1, -0.05) is 119 Å². The lowest BCUT2D eigenvalue weighted by Crippen LogP contribution is -2.51. The maximum absolute atomic E-state index is 13.8. The number of carbonyl (C=O) groups is 4. The van der Waals surface area contributed by atoms with Crippen molar-refractivity contribution >= 4 is 35.1 Å². The highest BCUT2D eigenvalue weighted by atomic mass is 16.5. The smallest absolute Gasteiger partial charge is 0.407 e. The van der Waals surface area contributed by atoms with Crippen molar-refractivity contribution in [2.45, 2.75) is 109 Å². The molecule has 3 fully saturated rings. The summed E-state index contributed by atoms with van der Waals surface area (Å²) in [7, 11) is 2.63. The van der Waals surface area contributed by atoms with E-state index in [1.54, 1.807) is 0 Å². The van der Waals surface area contributed by atoms with Crippen LogP contribution in [0, 0.1) is 23.7 Å². The maximum atomic E-state index is 13.8. The van der Waals surface area contributed by atoms with Crippen LogP contribution in [0.2, 0.25) is 0 Å². The number of hydrogen-bond acceptors (Lipinski definition) is 8. The lowest BCUT2D eigenvalue weighted by Gasteiger charge is -2.33. The number of nitrogens with one attached hydrogen (secondary N) is 3. The average molecular weight is 881 g/mol. The van der Waals surface area contributed by atoms with Gasteiger partial charge in [-0.25, -0.2) is 14.6 Å². The molecule has 3 amide bonds. The summed E-state index contributed by atoms with van der Waals surface area (Å²) in [5, 5.41) is 5.53. The summed E-state index contributed by atoms with van der Waals surface area (Å²) in [4.78, 5) is 64.4. The Labute approximate surface area is 383 Å². The van der Waals surface area contributed by atoms with Crippen LogP contribution in [0.5, 0.6) is 0 Å². The fourth-order valence-corrected chi connectivity index (χ4v) is 10.8. The number of likely N-dealkylation sites (tertiary alicyclic amines) is 1. The Morgan fingerprint density at radius 3 is 1.94 bits per heavy atom. The molecule has 0 bridgehead atoms. The number of aromatic nitrogens is 2. The van der Waals surface area contributed by atoms with E-state index >= 15 is 0 Å². The Kier molecular flexibility index (Phi) is 13.9. The maximum Gasteiger partial charge on any atom is 0.407 e. The van der Waals surface area contributed by atoms with E-state index in [9.17, 15) is 19.2 Å². The molecule has 1 saturated carbocycles. The van der Waals surface area contributed by atoms with Gasteiger partial charge in [0.15, 0.2) is 5.78 Å². The van der Waals surface area contributed by atoms with E-state index in [1.165, 1.54) is 47.7 Å². The molecule has 4 aliphatic rings. The van der Waals surface area contributed by atoms with E-state index in [4.69, 9.17) is 14.5 Å². The standard InChI is InChI=1S/C53H64N6O6/c1-32(2)47(56-52(62)64-5)49(60)42-15-10-14-41(42)39-26-25-38(30-39)34-17-21-36(22-18-34)44-27-28-45(59(44)40-12-8-7-9-13-40)37-23-19-35(20-24-37)43-31-54-50(55-43)46-16-11-29-58(46)51(61)48(33(3)4)57-53(63)65-6/h7-9,12-13,17-25,30-33,41-42,44-48H,10-11,14-16,26-29H2,1-6H3,(H,54,55)(H,56,62)(H,57,63)/t41-,42?,44+,45-,46-,47-,48-/m0/s1. The first kappa shape index (κ1) is 45.4. The summed E-state index contributed by atoms with van der Waals surface area (Å²) in [5.74, 6) is 0.679. The summed E-state index contributed by atoms with van der Waals surface area (Å²) in [6.45, 7) is 8.38. The third kappa shape index (κ3) is 9.63. The monoisotopic (exact) mass is 880 g/mol. The van der Waals surface area contributed by atoms with Crippen molar-refractivity contribution < 1.29 is 28.7 Å². The van der Waals surface area contributed by atoms with Crippen molar-refractivity contribution in [1.29, 1.82) is 0 Å². The van der Waals surface area contributed by atoms with Crippen molar-refractivity contribution in [3.05, 3.63) is 125 Å². The normalized spacial score (nSPS) is 22.7. The molecule has 12 nitrogen and oxygen atoms in total. The number of para-hydroxylation sites is 1. The molecule has 0 radical (unpaired) electrons. The largest absolute Gasteiger partial charge is 0.453 e. The molecule has 2 saturated heterocycles. The van der Waals surface area contributed by atoms with E-state index in [0.717, 1.165) is 68.4 Å². The second kappa shape index (κ2) is 19.9. The molecule has 2 aliphatic heterocycles. The van der Waals surface area contributed by atoms with Crippen LogP contribution in [0.1, 0.15) is 120 Å². The molecular formula is C53H64N6O6. The number of carbonyl (C=O) groups excluding carboxylic acids is 4. The molecular weight excluding hydrogens is 817 g/mol. The molecule has 1 aromatic heterocycles. The number of ether oxygens (including phenoxy) is 2. The molecule has 3 heterocycles. The molecule has 3 aromatic carbocycles. The zero-order valence-electron chi connectivity index (χ0n) is 38.6. The number of methoxy groups -OCH3 is 2. The predicted octanol–water partition coefficient (Wildman–Crippen LogP) is 10.3. The van der Waals surface area contributed by atoms with E-state index in [2.05, 4.69) is 112 Å². The molecule has 65 heavy (non-hydrogen) atoms. The van der Waals surface area contributed by atoms with Gasteiger partial charge in [0.25, 0.3) is 0 Å². The highest BCUT2D eigenvalue weighted by Gasteiger charge is 2.41. The predicted molar refractivity (Wildman–Crippen MR) is 253 cm³/mol. The number of imidazole rings is 1. The number of aromatic amines is 1. The molecule has 2 aliphatic carbocycles. The van der Waals surface area contributed by atoms with Gasteiger partial charge in [-0.05, 0) is 97.1 Å². The van der Waals surface area contributed by atoms with Crippen LogP contribution >= 0.6 is 0 Å². The third-order valence-electron chi connectivity index (χ3n) is 14.2. The van der Waals surface area contributed by atoms with Crippen LogP contribution in [-0.2, 0) is 19.1 Å². The van der Waals surface area contributed by atoms with E-state index in [-0.39, 0.29) is 53.5 Å². The minimum Gasteiger partial charge on any atom is -0.453 e. The fourth-order valence-electron chi connectivity index (χ4n) is 10.8. The number of rotatable bonds is 14. The van der Waals surface area contributed by atoms with E-state index in [1.807, 2.05) is 38.8 Å². The van der Waals surface area contributed by atoms with Crippen molar-refractivity contribution in [3.8, 4) is 11.3 Å². The van der Waals surface area contributed by atoms with E-state index < -0.39 is 24.3 Å². The number of H-pyrrole nitrogens is 1. The summed E-state index contributed by atoms with van der Waals surface area (Å²) in [6, 6.07) is 27.4. The first-order valence-electron chi connectivity index (χ1n) is 23.5. The number of nitrogens with zero attached hydrogens (tertiary/aromatic N) is 3. The highest BCUT2D eigenvalue weighted by molar-refractivity contribution is 5.90. The number of hydrogen-bond donors (Lipinski definition) is 3. The van der Waals surface area contributed by atoms with Gasteiger partial charge in [0.05, 0.1) is 44.1 Å². The summed E-state index contributed by atoms with van der Waals surface area (Å²) in [5.41, 5.74) is 9.23. The summed E-state index contributed by atoms with van der Waals surface area (Å²) in [6.07, 6.45) is 12.7. The Balaban J connectivity index is 0.957. The number of Topliss-reactive ketones (excluding diaryl/α,β-unsaturated/α-hetero) is 1. The summed E-state index contributed by atoms with van der Waals surface area (Å²) >= 11 is 0. The average Bonchev–Trinajstić information content (AvgIpc) is 4.19. The number of allylic oxidation sites excluding steroid dienone is 4. The molecule has 7 atom stereocenters. The number of amides is 3. The quantitative estimate of drug-likeness (QED) is 0.114. The lowest BCUT2D eigenvalue weighted by atomic mass is 9.80. The van der Waals surface area contributed by atoms with Crippen molar-refractivity contribution in [2.24, 2.45) is 23.7 Å². The lowest BCUT2D eigenvalue weighted by molar-refractivity contribution is -0.135. The molecule has 4 aromatic rings. The van der Waals surface area contributed by atoms with Crippen LogP contribution in [0.4, 0.5) is 15.3 Å². The third-order valence-corrected chi connectivity index (χ3v) is 14.2. The minimum absolute atomic E-state index is 0.0253. The second-order valence-electron chi connectivity index (χ2n) is 18.8. The Hall–Kier alpha value is -6.17. The molecule has 1 unspecified atom stereocenters. The van der Waals surface area contributed by atoms with Gasteiger partial charge in [0, 0.05) is 29.9 Å². The highest BCUT2D eigenvalue weighted by Crippen LogP contribution is 2.48. The van der Waals surface area contributed by atoms with Crippen LogP contribution < -0.4 is 15.5 Å². The Morgan fingerprint density at radius 1 is 0.708 bits per heavy atom. The van der Waals surface area contributed by atoms with Gasteiger partial charge in [0.1, 0.15) is 11.9 Å². The zero-order chi connectivity index (χ0) is 45.8. The number of benzene rings is 3. The van der Waals surface area contributed by atoms with Gasteiger partial charge in [-0.2, -0.15) is 0 Å². The topological polar surface area (TPSA) is 146 Å². The number of ketones is 1. The van der Waals surface area contributed by atoms with Crippen LogP contribution in [-0.4, -0.2) is 71.6 Å². The van der Waals surface area contributed by atoms with Gasteiger partial charge in [-0.3, -0.25) is 9.59 Å². The molecule has 3 N–H and O–H groups in total. The van der Waals surface area contributed by atoms with Gasteiger partial charge in [0.2, 0.25) is 5.91 Å². The van der Waals surface area contributed by atoms with Gasteiger partial charge in [-0.15, -0.1) is 0 Å². The zero-order valence-corrected chi connectivity index (χ0v) is 38.6. The second-order valence-corrected chi connectivity index (χ2v) is 18.8. The number of anilines is 1. The Morgan fingerprint density at radius 2 is 1.32 bits per heavy atom. The first-order valence-corrected chi connectivity index (χ1v) is 23.5. The van der Waals surface area contributed by atoms with Crippen molar-refractivity contribution in [3.63, 3.8) is 0 Å². The number of alkyl carbamates (subject to hydrolysis) is 2. The van der Waals surface area contributed by atoms with Crippen LogP contribution in [0.3, 0.4) is 0 Å². The SMILES string of the molecule is COC(=O)N[C@H](C(=O)C1CCC[C@H]1C1=CC(c2ccc([C@H]3CC[C@@H](c4ccc(-c5c[nH]c([C@@H]6CCCN6C(=O)[C@@H](NC(=O)OC)C(C)C)n5)cc4)N3c3ccccc3)cc2)=CC1)C(C)C. The van der Waals surface area contributed by atoms with Crippen molar-refractivity contribution in [1.82, 2.24) is 25.5 Å². The molecule has 342 valence electrons. The van der Waals surface area contributed by atoms with Gasteiger partial charge >= 0.3 is 12.2 Å². The minimum atomic E-state index is -0.685. The van der Waals surface area contributed by atoms with E-state index in [0.29, 0.717) is 6.54 Å². The Bertz CT molecular complexity index is 2390.